The number of nitrogens with zero attached hydrogens (tertiary/aromatic N) is 4. The normalized spacial score (nSPS) is 20.0. The lowest BCUT2D eigenvalue weighted by molar-refractivity contribution is -0.130. The molecule has 1 saturated heterocycles. The molecule has 168 valence electrons. The summed E-state index contributed by atoms with van der Waals surface area (Å²) < 4.78 is 30.9. The van der Waals surface area contributed by atoms with Crippen LogP contribution >= 0.6 is 11.8 Å². The van der Waals surface area contributed by atoms with E-state index in [1.807, 2.05) is 32.0 Å². The number of nitrogen functional groups attached to an aromatic ring is 1. The van der Waals surface area contributed by atoms with Crippen LogP contribution in [0.15, 0.2) is 23.4 Å². The smallest absolute Gasteiger partial charge is 0.233 e. The van der Waals surface area contributed by atoms with Crippen LogP contribution in [0.1, 0.15) is 36.2 Å². The lowest BCUT2D eigenvalue weighted by Gasteiger charge is -2.28. The summed E-state index contributed by atoms with van der Waals surface area (Å²) in [6.45, 7) is 4.12. The van der Waals surface area contributed by atoms with Crippen LogP contribution in [0.2, 0.25) is 0 Å². The maximum Gasteiger partial charge on any atom is 0.233 e. The van der Waals surface area contributed by atoms with E-state index in [1.165, 1.54) is 16.4 Å². The third-order valence-corrected chi connectivity index (χ3v) is 8.32. The average Bonchev–Trinajstić information content (AvgIpc) is 3.39. The van der Waals surface area contributed by atoms with Gasteiger partial charge < -0.3 is 15.5 Å². The molecule has 1 aromatic heterocycles. The Morgan fingerprint density at radius 2 is 1.94 bits per heavy atom. The molecular formula is C20H27N5O4S2. The van der Waals surface area contributed by atoms with E-state index in [2.05, 4.69) is 10.2 Å². The van der Waals surface area contributed by atoms with Gasteiger partial charge in [-0.2, -0.15) is 0 Å². The van der Waals surface area contributed by atoms with Crippen LogP contribution in [0.25, 0.3) is 0 Å². The molecular weight excluding hydrogens is 438 g/mol. The summed E-state index contributed by atoms with van der Waals surface area (Å²) in [4.78, 5) is 14.7. The first kappa shape index (κ1) is 21.9. The monoisotopic (exact) mass is 465 g/mol. The van der Waals surface area contributed by atoms with E-state index >= 15 is 0 Å². The van der Waals surface area contributed by atoms with Gasteiger partial charge in [0, 0.05) is 12.1 Å². The first-order chi connectivity index (χ1) is 14.7. The molecule has 0 spiro atoms. The maximum absolute atomic E-state index is 12.9. The zero-order valence-electron chi connectivity index (χ0n) is 17.7. The maximum atomic E-state index is 12.9. The number of ether oxygens (including phenoxy) is 1. The number of sulfone groups is 1. The van der Waals surface area contributed by atoms with E-state index < -0.39 is 9.84 Å². The van der Waals surface area contributed by atoms with Crippen molar-refractivity contribution in [1.29, 1.82) is 0 Å². The number of rotatable bonds is 8. The zero-order valence-corrected chi connectivity index (χ0v) is 19.3. The summed E-state index contributed by atoms with van der Waals surface area (Å²) in [6.07, 6.45) is 2.38. The highest BCUT2D eigenvalue weighted by atomic mass is 32.2. The molecule has 1 aromatic carbocycles. The molecule has 9 nitrogen and oxygen atoms in total. The first-order valence-electron chi connectivity index (χ1n) is 10.3. The van der Waals surface area contributed by atoms with Crippen molar-refractivity contribution in [2.24, 2.45) is 0 Å². The molecule has 2 aromatic rings. The number of nitrogens with two attached hydrogens (primary N) is 1. The van der Waals surface area contributed by atoms with Crippen molar-refractivity contribution in [2.45, 2.75) is 57.0 Å². The number of carbonyl (C=O) groups is 1. The molecule has 0 radical (unpaired) electrons. The number of carbonyl (C=O) groups excluding carboxylic acids is 1. The Labute approximate surface area is 186 Å². The van der Waals surface area contributed by atoms with Gasteiger partial charge in [-0.05, 0) is 44.2 Å². The molecule has 1 amide bonds. The standard InChI is InChI=1S/C20H27N5O4S2/c1-13-4-3-5-14(2)19(13)29-10-17-22-23-20(25(17)21)30-11-18(26)24(15-6-7-15)16-8-9-31(27,28)12-16/h3-5,15-16H,6-12,21H2,1-2H3. The number of thioether (sulfide) groups is 1. The van der Waals surface area contributed by atoms with E-state index in [4.69, 9.17) is 10.6 Å². The van der Waals surface area contributed by atoms with E-state index in [1.54, 1.807) is 4.90 Å². The van der Waals surface area contributed by atoms with Gasteiger partial charge in [-0.25, -0.2) is 13.1 Å². The number of amides is 1. The van der Waals surface area contributed by atoms with Crippen molar-refractivity contribution < 1.29 is 17.9 Å². The SMILES string of the molecule is Cc1cccc(C)c1OCc1nnc(SCC(=O)N(C2CC2)C2CCS(=O)(=O)C2)n1N. The van der Waals surface area contributed by atoms with Crippen molar-refractivity contribution in [3.8, 4) is 5.75 Å². The summed E-state index contributed by atoms with van der Waals surface area (Å²) in [7, 11) is -3.05. The molecule has 2 N–H and O–H groups in total. The fourth-order valence-electron chi connectivity index (χ4n) is 3.92. The summed E-state index contributed by atoms with van der Waals surface area (Å²) in [5.41, 5.74) is 2.05. The topological polar surface area (TPSA) is 120 Å². The van der Waals surface area contributed by atoms with E-state index in [9.17, 15) is 13.2 Å². The number of hydrogen-bond acceptors (Lipinski definition) is 8. The van der Waals surface area contributed by atoms with Crippen molar-refractivity contribution in [1.82, 2.24) is 19.8 Å². The minimum Gasteiger partial charge on any atom is -0.485 e. The Balaban J connectivity index is 1.37. The van der Waals surface area contributed by atoms with Crippen molar-refractivity contribution in [2.75, 3.05) is 23.1 Å². The highest BCUT2D eigenvalue weighted by Gasteiger charge is 2.42. The second-order valence-electron chi connectivity index (χ2n) is 8.16. The predicted molar refractivity (Wildman–Crippen MR) is 118 cm³/mol. The van der Waals surface area contributed by atoms with Gasteiger partial charge in [0.1, 0.15) is 12.4 Å². The molecule has 2 heterocycles. The van der Waals surface area contributed by atoms with Crippen LogP contribution in [0.5, 0.6) is 5.75 Å². The molecule has 0 bridgehead atoms. The molecule has 1 saturated carbocycles. The van der Waals surface area contributed by atoms with Crippen LogP contribution in [0.3, 0.4) is 0 Å². The van der Waals surface area contributed by atoms with E-state index in [0.29, 0.717) is 17.4 Å². The van der Waals surface area contributed by atoms with E-state index in [-0.39, 0.29) is 41.9 Å². The average molecular weight is 466 g/mol. The quantitative estimate of drug-likeness (QED) is 0.459. The Bertz CT molecular complexity index is 1060. The van der Waals surface area contributed by atoms with Crippen molar-refractivity contribution in [3.05, 3.63) is 35.2 Å². The van der Waals surface area contributed by atoms with Crippen LogP contribution in [-0.2, 0) is 21.2 Å². The molecule has 31 heavy (non-hydrogen) atoms. The molecule has 4 rings (SSSR count). The van der Waals surface area contributed by atoms with Gasteiger partial charge in [-0.1, -0.05) is 30.0 Å². The molecule has 1 aliphatic heterocycles. The summed E-state index contributed by atoms with van der Waals surface area (Å²) in [5.74, 6) is 7.65. The first-order valence-corrected chi connectivity index (χ1v) is 13.1. The summed E-state index contributed by atoms with van der Waals surface area (Å²) >= 11 is 1.20. The van der Waals surface area contributed by atoms with Gasteiger partial charge in [-0.3, -0.25) is 4.79 Å². The number of aryl methyl sites for hydroxylation is 2. The molecule has 1 atom stereocenters. The number of aromatic nitrogens is 3. The second-order valence-corrected chi connectivity index (χ2v) is 11.3. The fourth-order valence-corrected chi connectivity index (χ4v) is 6.38. The van der Waals surface area contributed by atoms with Crippen molar-refractivity contribution >= 4 is 27.5 Å². The molecule has 1 unspecified atom stereocenters. The lowest BCUT2D eigenvalue weighted by atomic mass is 10.1. The number of hydrogen-bond donors (Lipinski definition) is 1. The van der Waals surface area contributed by atoms with Gasteiger partial charge in [0.05, 0.1) is 17.3 Å². The largest absolute Gasteiger partial charge is 0.485 e. The van der Waals surface area contributed by atoms with Gasteiger partial charge in [0.25, 0.3) is 0 Å². The predicted octanol–water partition coefficient (Wildman–Crippen LogP) is 1.46. The zero-order chi connectivity index (χ0) is 22.2. The highest BCUT2D eigenvalue weighted by molar-refractivity contribution is 7.99. The lowest BCUT2D eigenvalue weighted by Crippen LogP contribution is -2.43. The Morgan fingerprint density at radius 1 is 1.23 bits per heavy atom. The van der Waals surface area contributed by atoms with Crippen molar-refractivity contribution in [3.63, 3.8) is 0 Å². The van der Waals surface area contributed by atoms with E-state index in [0.717, 1.165) is 29.7 Å². The summed E-state index contributed by atoms with van der Waals surface area (Å²) in [5, 5.41) is 8.60. The van der Waals surface area contributed by atoms with Gasteiger partial charge in [-0.15, -0.1) is 10.2 Å². The Hall–Kier alpha value is -2.27. The van der Waals surface area contributed by atoms with Crippen LogP contribution in [0, 0.1) is 13.8 Å². The third kappa shape index (κ3) is 4.98. The van der Waals surface area contributed by atoms with Gasteiger partial charge >= 0.3 is 0 Å². The molecule has 1 aliphatic carbocycles. The Kier molecular flexibility index (Phi) is 6.16. The minimum absolute atomic E-state index is 0.0623. The third-order valence-electron chi connectivity index (χ3n) is 5.64. The fraction of sp³-hybridized carbons (Fsp3) is 0.550. The van der Waals surface area contributed by atoms with Crippen LogP contribution in [0.4, 0.5) is 0 Å². The van der Waals surface area contributed by atoms with Crippen LogP contribution < -0.4 is 10.6 Å². The highest BCUT2D eigenvalue weighted by Crippen LogP contribution is 2.33. The summed E-state index contributed by atoms with van der Waals surface area (Å²) in [6, 6.07) is 5.86. The second kappa shape index (κ2) is 8.70. The molecule has 11 heteroatoms. The Morgan fingerprint density at radius 3 is 2.55 bits per heavy atom. The number of para-hydroxylation sites is 1. The van der Waals surface area contributed by atoms with Gasteiger partial charge in [0.2, 0.25) is 11.1 Å². The van der Waals surface area contributed by atoms with Gasteiger partial charge in [0.15, 0.2) is 15.7 Å². The minimum atomic E-state index is -3.05. The number of benzene rings is 1. The molecule has 2 aliphatic rings. The molecule has 2 fully saturated rings. The van der Waals surface area contributed by atoms with Crippen LogP contribution in [-0.4, -0.2) is 63.4 Å².